The molecule has 0 saturated heterocycles. The predicted octanol–water partition coefficient (Wildman–Crippen LogP) is 6.30. The molecule has 0 bridgehead atoms. The Morgan fingerprint density at radius 1 is 0.913 bits per heavy atom. The number of anilines is 1. The van der Waals surface area contributed by atoms with Crippen LogP contribution in [0.2, 0.25) is 0 Å². The summed E-state index contributed by atoms with van der Waals surface area (Å²) >= 11 is 0. The molecule has 1 nitrogen and oxygen atoms in total. The Kier molecular flexibility index (Phi) is 4.16. The molecule has 0 amide bonds. The third-order valence-corrected chi connectivity index (χ3v) is 6.44. The summed E-state index contributed by atoms with van der Waals surface area (Å²) in [6.07, 6.45) is 5.06. The van der Waals surface area contributed by atoms with Crippen LogP contribution in [0.3, 0.4) is 0 Å². The highest BCUT2D eigenvalue weighted by Crippen LogP contribution is 2.55. The van der Waals surface area contributed by atoms with Crippen molar-refractivity contribution >= 4 is 16.5 Å². The predicted molar refractivity (Wildman–Crippen MR) is 103 cm³/mol. The van der Waals surface area contributed by atoms with Gasteiger partial charge in [-0.15, -0.1) is 0 Å². The Hall–Kier alpha value is -1.50. The van der Waals surface area contributed by atoms with Crippen molar-refractivity contribution in [1.82, 2.24) is 0 Å². The van der Waals surface area contributed by atoms with E-state index in [1.54, 1.807) is 5.56 Å². The zero-order valence-electron chi connectivity index (χ0n) is 15.4. The first-order chi connectivity index (χ1) is 11.0. The highest BCUT2D eigenvalue weighted by atomic mass is 15.2. The molecule has 0 fully saturated rings. The van der Waals surface area contributed by atoms with Crippen molar-refractivity contribution in [2.45, 2.75) is 71.3 Å². The van der Waals surface area contributed by atoms with Gasteiger partial charge in [0.2, 0.25) is 0 Å². The largest absolute Gasteiger partial charge is 0.365 e. The Balaban J connectivity index is 2.18. The average molecular weight is 309 g/mol. The Morgan fingerprint density at radius 3 is 2.35 bits per heavy atom. The van der Waals surface area contributed by atoms with E-state index in [2.05, 4.69) is 75.9 Å². The van der Waals surface area contributed by atoms with E-state index >= 15 is 0 Å². The zero-order chi connectivity index (χ0) is 16.7. The third kappa shape index (κ3) is 2.28. The Morgan fingerprint density at radius 2 is 1.65 bits per heavy atom. The minimum atomic E-state index is 0.157. The van der Waals surface area contributed by atoms with E-state index in [0.717, 1.165) is 0 Å². The van der Waals surface area contributed by atoms with Crippen LogP contribution in [0.25, 0.3) is 10.8 Å². The summed E-state index contributed by atoms with van der Waals surface area (Å²) < 4.78 is 0. The summed E-state index contributed by atoms with van der Waals surface area (Å²) in [6, 6.07) is 13.6. The molecule has 0 saturated carbocycles. The quantitative estimate of drug-likeness (QED) is 0.586. The second-order valence-electron chi connectivity index (χ2n) is 7.79. The Labute approximate surface area is 141 Å². The van der Waals surface area contributed by atoms with Gasteiger partial charge < -0.3 is 4.90 Å². The molecule has 1 aliphatic heterocycles. The van der Waals surface area contributed by atoms with Crippen LogP contribution in [0.5, 0.6) is 0 Å². The summed E-state index contributed by atoms with van der Waals surface area (Å²) in [7, 11) is 0. The molecule has 0 aromatic heterocycles. The normalized spacial score (nSPS) is 22.6. The molecule has 1 unspecified atom stereocenters. The fourth-order valence-corrected chi connectivity index (χ4v) is 4.53. The van der Waals surface area contributed by atoms with Crippen LogP contribution in [0.4, 0.5) is 5.69 Å². The average Bonchev–Trinajstić information content (AvgIpc) is 2.73. The van der Waals surface area contributed by atoms with Gasteiger partial charge in [-0.1, -0.05) is 70.9 Å². The van der Waals surface area contributed by atoms with Crippen LogP contribution in [0, 0.1) is 0 Å². The minimum absolute atomic E-state index is 0.157. The number of fused-ring (bicyclic) bond motifs is 3. The highest BCUT2D eigenvalue weighted by Gasteiger charge is 2.52. The molecule has 1 aliphatic rings. The second kappa shape index (κ2) is 5.85. The van der Waals surface area contributed by atoms with Crippen molar-refractivity contribution in [1.29, 1.82) is 0 Å². The smallest absolute Gasteiger partial charge is 0.0463 e. The topological polar surface area (TPSA) is 3.24 Å². The van der Waals surface area contributed by atoms with Crippen LogP contribution in [0.15, 0.2) is 36.4 Å². The van der Waals surface area contributed by atoms with E-state index < -0.39 is 0 Å². The van der Waals surface area contributed by atoms with Crippen molar-refractivity contribution in [2.24, 2.45) is 0 Å². The SMILES string of the molecule is CCCCCN1c2ccc3ccccc3c2C(C)(C)C1(C)CC. The van der Waals surface area contributed by atoms with Gasteiger partial charge >= 0.3 is 0 Å². The lowest BCUT2D eigenvalue weighted by atomic mass is 9.69. The summed E-state index contributed by atoms with van der Waals surface area (Å²) in [6.45, 7) is 13.2. The van der Waals surface area contributed by atoms with E-state index in [1.807, 2.05) is 0 Å². The van der Waals surface area contributed by atoms with Crippen LogP contribution < -0.4 is 4.90 Å². The molecule has 23 heavy (non-hydrogen) atoms. The molecule has 1 heterocycles. The molecular formula is C22H31N. The van der Waals surface area contributed by atoms with E-state index in [0.29, 0.717) is 0 Å². The van der Waals surface area contributed by atoms with E-state index in [4.69, 9.17) is 0 Å². The number of rotatable bonds is 5. The minimum Gasteiger partial charge on any atom is -0.365 e. The van der Waals surface area contributed by atoms with Crippen LogP contribution in [0.1, 0.15) is 65.9 Å². The van der Waals surface area contributed by atoms with Crippen molar-refractivity contribution in [3.8, 4) is 0 Å². The maximum Gasteiger partial charge on any atom is 0.0463 e. The molecule has 2 aromatic rings. The lowest BCUT2D eigenvalue weighted by Crippen LogP contribution is -2.53. The van der Waals surface area contributed by atoms with Crippen molar-refractivity contribution < 1.29 is 0 Å². The van der Waals surface area contributed by atoms with Crippen LogP contribution >= 0.6 is 0 Å². The van der Waals surface area contributed by atoms with Gasteiger partial charge in [-0.2, -0.15) is 0 Å². The van der Waals surface area contributed by atoms with E-state index in [9.17, 15) is 0 Å². The Bertz CT molecular complexity index is 700. The standard InChI is InChI=1S/C22H31N/c1-6-8-11-16-23-19-15-14-17-12-9-10-13-18(17)20(19)21(3,4)22(23,5)7-2/h9-10,12-15H,6-8,11,16H2,1-5H3. The van der Waals surface area contributed by atoms with Crippen LogP contribution in [-0.2, 0) is 5.41 Å². The van der Waals surface area contributed by atoms with E-state index in [1.165, 1.54) is 48.7 Å². The maximum absolute atomic E-state index is 2.71. The fourth-order valence-electron chi connectivity index (χ4n) is 4.53. The summed E-state index contributed by atoms with van der Waals surface area (Å²) in [4.78, 5) is 2.71. The van der Waals surface area contributed by atoms with Gasteiger partial charge in [0.1, 0.15) is 0 Å². The molecule has 2 aromatic carbocycles. The molecule has 124 valence electrons. The monoisotopic (exact) mass is 309 g/mol. The van der Waals surface area contributed by atoms with Gasteiger partial charge in [-0.3, -0.25) is 0 Å². The van der Waals surface area contributed by atoms with Crippen LogP contribution in [-0.4, -0.2) is 12.1 Å². The van der Waals surface area contributed by atoms with Gasteiger partial charge in [0.05, 0.1) is 0 Å². The van der Waals surface area contributed by atoms with Crippen molar-refractivity contribution in [3.63, 3.8) is 0 Å². The number of unbranched alkanes of at least 4 members (excludes halogenated alkanes) is 2. The second-order valence-corrected chi connectivity index (χ2v) is 7.79. The molecule has 0 spiro atoms. The van der Waals surface area contributed by atoms with E-state index in [-0.39, 0.29) is 11.0 Å². The fraction of sp³-hybridized carbons (Fsp3) is 0.545. The lowest BCUT2D eigenvalue weighted by molar-refractivity contribution is 0.275. The van der Waals surface area contributed by atoms with Crippen molar-refractivity contribution in [2.75, 3.05) is 11.4 Å². The summed E-state index contributed by atoms with van der Waals surface area (Å²) in [5.41, 5.74) is 3.36. The lowest BCUT2D eigenvalue weighted by Gasteiger charge is -2.45. The molecule has 1 atom stereocenters. The molecule has 0 aliphatic carbocycles. The van der Waals surface area contributed by atoms with Gasteiger partial charge in [0, 0.05) is 23.2 Å². The molecule has 0 N–H and O–H groups in total. The first-order valence-electron chi connectivity index (χ1n) is 9.27. The first-order valence-corrected chi connectivity index (χ1v) is 9.27. The molecule has 0 radical (unpaired) electrons. The van der Waals surface area contributed by atoms with Gasteiger partial charge in [0.15, 0.2) is 0 Å². The third-order valence-electron chi connectivity index (χ3n) is 6.44. The van der Waals surface area contributed by atoms with Crippen molar-refractivity contribution in [3.05, 3.63) is 42.0 Å². The van der Waals surface area contributed by atoms with Gasteiger partial charge in [0.25, 0.3) is 0 Å². The molecule has 3 rings (SSSR count). The molecule has 1 heteroatoms. The number of benzene rings is 2. The molecular weight excluding hydrogens is 278 g/mol. The number of hydrogen-bond acceptors (Lipinski definition) is 1. The summed E-state index contributed by atoms with van der Waals surface area (Å²) in [5.74, 6) is 0. The maximum atomic E-state index is 2.71. The zero-order valence-corrected chi connectivity index (χ0v) is 15.4. The summed E-state index contributed by atoms with van der Waals surface area (Å²) in [5, 5.41) is 2.81. The van der Waals surface area contributed by atoms with Gasteiger partial charge in [-0.25, -0.2) is 0 Å². The number of nitrogens with zero attached hydrogens (tertiary/aromatic N) is 1. The van der Waals surface area contributed by atoms with Gasteiger partial charge in [-0.05, 0) is 42.2 Å². The number of hydrogen-bond donors (Lipinski definition) is 0. The highest BCUT2D eigenvalue weighted by molar-refractivity contribution is 5.93. The first kappa shape index (κ1) is 16.4.